The molecule has 0 aromatic carbocycles. The lowest BCUT2D eigenvalue weighted by atomic mass is 10.0. The van der Waals surface area contributed by atoms with Crippen LogP contribution >= 0.6 is 0 Å². The number of rotatable bonds is 1. The van der Waals surface area contributed by atoms with Crippen molar-refractivity contribution in [2.75, 3.05) is 0 Å². The van der Waals surface area contributed by atoms with Crippen molar-refractivity contribution in [1.29, 1.82) is 0 Å². The van der Waals surface area contributed by atoms with Gasteiger partial charge in [0.15, 0.2) is 0 Å². The molecule has 1 radical (unpaired) electrons. The van der Waals surface area contributed by atoms with Crippen LogP contribution < -0.4 is 0 Å². The molecule has 0 aromatic rings. The maximum atomic E-state index is 7.25. The molecule has 0 unspecified atom stereocenters. The second kappa shape index (κ2) is 3.45. The Hall–Kier alpha value is -0.223. The average molecular weight is 165 g/mol. The summed E-state index contributed by atoms with van der Waals surface area (Å²) in [6.07, 6.45) is 14.2. The summed E-state index contributed by atoms with van der Waals surface area (Å²) in [6.45, 7) is 4.55. The smallest absolute Gasteiger partial charge is 0.118 e. The van der Waals surface area contributed by atoms with Crippen LogP contribution in [0.5, 0.6) is 0 Å². The molecule has 0 atom stereocenters. The van der Waals surface area contributed by atoms with Gasteiger partial charge in [-0.25, -0.2) is 0 Å². The van der Waals surface area contributed by atoms with Crippen molar-refractivity contribution in [2.24, 2.45) is 0 Å². The lowest BCUT2D eigenvalue weighted by Gasteiger charge is -2.30. The monoisotopic (exact) mass is 165 g/mol. The molecule has 1 rings (SSSR count). The normalized spacial score (nSPS) is 21.2. The zero-order valence-corrected chi connectivity index (χ0v) is 8.61. The summed E-state index contributed by atoms with van der Waals surface area (Å²) >= 11 is 0. The van der Waals surface area contributed by atoms with Gasteiger partial charge >= 0.3 is 0 Å². The van der Waals surface area contributed by atoms with Crippen molar-refractivity contribution in [3.05, 3.63) is 6.42 Å². The van der Waals surface area contributed by atoms with Gasteiger partial charge in [-0.05, 0) is 12.0 Å². The van der Waals surface area contributed by atoms with Gasteiger partial charge in [0.25, 0.3) is 0 Å². The fourth-order valence-corrected chi connectivity index (χ4v) is 3.98. The van der Waals surface area contributed by atoms with Gasteiger partial charge in [0.1, 0.15) is 8.07 Å². The van der Waals surface area contributed by atoms with Gasteiger partial charge in [0.2, 0.25) is 0 Å². The summed E-state index contributed by atoms with van der Waals surface area (Å²) in [7, 11) is -1.36. The van der Waals surface area contributed by atoms with Gasteiger partial charge in [-0.1, -0.05) is 45.2 Å². The maximum absolute atomic E-state index is 7.25. The van der Waals surface area contributed by atoms with E-state index in [4.69, 9.17) is 6.42 Å². The fraction of sp³-hybridized carbons (Fsp3) is 0.800. The highest BCUT2D eigenvalue weighted by molar-refractivity contribution is 6.86. The van der Waals surface area contributed by atoms with Gasteiger partial charge in [-0.2, -0.15) is 0 Å². The second-order valence-corrected chi connectivity index (χ2v) is 8.69. The Labute approximate surface area is 71.4 Å². The third-order valence-electron chi connectivity index (χ3n) is 2.95. The minimum Gasteiger partial charge on any atom is -0.118 e. The van der Waals surface area contributed by atoms with E-state index in [1.807, 2.05) is 0 Å². The molecule has 1 aliphatic carbocycles. The van der Waals surface area contributed by atoms with Crippen molar-refractivity contribution in [3.8, 4) is 5.54 Å². The van der Waals surface area contributed by atoms with E-state index in [0.717, 1.165) is 5.54 Å². The van der Waals surface area contributed by atoms with Crippen LogP contribution in [0.15, 0.2) is 0 Å². The summed E-state index contributed by atoms with van der Waals surface area (Å²) < 4.78 is 0. The van der Waals surface area contributed by atoms with Gasteiger partial charge in [0, 0.05) is 0 Å². The lowest BCUT2D eigenvalue weighted by molar-refractivity contribution is 0.494. The molecule has 0 aliphatic heterocycles. The Morgan fingerprint density at radius 3 is 2.18 bits per heavy atom. The molecule has 0 amide bonds. The predicted molar refractivity (Wildman–Crippen MR) is 51.4 cm³/mol. The summed E-state index contributed by atoms with van der Waals surface area (Å²) in [5.41, 5.74) is 3.66. The van der Waals surface area contributed by atoms with Crippen LogP contribution in [-0.2, 0) is 0 Å². The highest BCUT2D eigenvalue weighted by Gasteiger charge is 2.30. The van der Waals surface area contributed by atoms with E-state index in [1.54, 1.807) is 0 Å². The predicted octanol–water partition coefficient (Wildman–Crippen LogP) is 3.16. The first-order valence-corrected chi connectivity index (χ1v) is 7.68. The van der Waals surface area contributed by atoms with E-state index >= 15 is 0 Å². The summed E-state index contributed by atoms with van der Waals surface area (Å²) in [5, 5.41) is 0. The molecule has 1 aliphatic rings. The van der Waals surface area contributed by atoms with E-state index in [-0.39, 0.29) is 0 Å². The lowest BCUT2D eigenvalue weighted by Crippen LogP contribution is -2.32. The van der Waals surface area contributed by atoms with Crippen LogP contribution in [0.4, 0.5) is 0 Å². The summed E-state index contributed by atoms with van der Waals surface area (Å²) in [6, 6.07) is 0. The van der Waals surface area contributed by atoms with Gasteiger partial charge < -0.3 is 0 Å². The minimum atomic E-state index is -1.36. The van der Waals surface area contributed by atoms with E-state index in [1.165, 1.54) is 32.1 Å². The van der Waals surface area contributed by atoms with Crippen LogP contribution in [0.3, 0.4) is 0 Å². The van der Waals surface area contributed by atoms with Crippen LogP contribution in [0.25, 0.3) is 0 Å². The molecule has 0 bridgehead atoms. The first-order valence-electron chi connectivity index (χ1n) is 4.61. The molecular formula is C10H17Si. The summed E-state index contributed by atoms with van der Waals surface area (Å²) in [4.78, 5) is 0. The molecule has 1 heteroatoms. The molecule has 61 valence electrons. The Morgan fingerprint density at radius 2 is 1.73 bits per heavy atom. The van der Waals surface area contributed by atoms with E-state index in [9.17, 15) is 0 Å². The molecule has 0 heterocycles. The molecule has 1 saturated carbocycles. The average Bonchev–Trinajstić information content (AvgIpc) is 2.06. The van der Waals surface area contributed by atoms with Crippen LogP contribution in [-0.4, -0.2) is 8.07 Å². The van der Waals surface area contributed by atoms with Crippen molar-refractivity contribution in [3.63, 3.8) is 0 Å². The molecular weight excluding hydrogens is 148 g/mol. The van der Waals surface area contributed by atoms with Crippen molar-refractivity contribution >= 4 is 8.07 Å². The highest BCUT2D eigenvalue weighted by atomic mass is 28.3. The van der Waals surface area contributed by atoms with Crippen molar-refractivity contribution in [2.45, 2.75) is 50.7 Å². The summed E-state index contributed by atoms with van der Waals surface area (Å²) in [5.74, 6) is 0. The number of hydrogen-bond acceptors (Lipinski definition) is 0. The Kier molecular flexibility index (Phi) is 2.78. The molecule has 0 saturated heterocycles. The molecule has 0 aromatic heterocycles. The standard InChI is InChI=1S/C10H17Si/c1-4-11(2,3)10-8-6-5-7-9-10/h10H,5-9H2,2-3H3. The Balaban J connectivity index is 2.52. The topological polar surface area (TPSA) is 0 Å². The van der Waals surface area contributed by atoms with E-state index in [0.29, 0.717) is 0 Å². The molecule has 1 fully saturated rings. The van der Waals surface area contributed by atoms with Crippen LogP contribution in [0, 0.1) is 12.0 Å². The van der Waals surface area contributed by atoms with Gasteiger partial charge in [0.05, 0.1) is 0 Å². The van der Waals surface area contributed by atoms with Gasteiger partial charge in [-0.3, -0.25) is 0 Å². The highest BCUT2D eigenvalue weighted by Crippen LogP contribution is 2.36. The zero-order chi connectivity index (χ0) is 8.32. The van der Waals surface area contributed by atoms with Gasteiger partial charge in [-0.15, -0.1) is 5.54 Å². The third-order valence-corrected chi connectivity index (χ3v) is 6.21. The molecule has 11 heavy (non-hydrogen) atoms. The molecule has 0 spiro atoms. The number of hydrogen-bond donors (Lipinski definition) is 0. The van der Waals surface area contributed by atoms with E-state index < -0.39 is 8.07 Å². The minimum absolute atomic E-state index is 0.855. The van der Waals surface area contributed by atoms with Crippen LogP contribution in [0.1, 0.15) is 32.1 Å². The molecule has 0 N–H and O–H groups in total. The third kappa shape index (κ3) is 2.10. The van der Waals surface area contributed by atoms with Crippen molar-refractivity contribution < 1.29 is 0 Å². The van der Waals surface area contributed by atoms with Crippen molar-refractivity contribution in [1.82, 2.24) is 0 Å². The maximum Gasteiger partial charge on any atom is 0.136 e. The largest absolute Gasteiger partial charge is 0.136 e. The fourth-order valence-electron chi connectivity index (χ4n) is 1.93. The molecule has 0 nitrogen and oxygen atoms in total. The zero-order valence-electron chi connectivity index (χ0n) is 7.61. The SMILES string of the molecule is [C]#C[Si](C)(C)C1CCCCC1. The second-order valence-electron chi connectivity index (χ2n) is 4.18. The first kappa shape index (κ1) is 8.87. The van der Waals surface area contributed by atoms with E-state index in [2.05, 4.69) is 18.6 Å². The van der Waals surface area contributed by atoms with Crippen LogP contribution in [0.2, 0.25) is 18.6 Å². The quantitative estimate of drug-likeness (QED) is 0.413. The Morgan fingerprint density at radius 1 is 1.18 bits per heavy atom. The Bertz CT molecular complexity index is 158. The first-order chi connectivity index (χ1) is 5.17.